The third kappa shape index (κ3) is 9.89. The van der Waals surface area contributed by atoms with Crippen LogP contribution in [-0.4, -0.2) is 84.0 Å². The Kier molecular flexibility index (Phi) is 14.2. The number of rotatable bonds is 12. The molecule has 10 rings (SSSR count). The fourth-order valence-electron chi connectivity index (χ4n) is 12.3. The molecule has 68 heavy (non-hydrogen) atoms. The first kappa shape index (κ1) is 48.0. The highest BCUT2D eigenvalue weighted by Gasteiger charge is 2.45. The second-order valence-corrected chi connectivity index (χ2v) is 21.3. The van der Waals surface area contributed by atoms with Gasteiger partial charge in [-0.1, -0.05) is 47.5 Å². The number of hydrogen-bond donors (Lipinski definition) is 4. The van der Waals surface area contributed by atoms with Crippen molar-refractivity contribution in [1.29, 1.82) is 0 Å². The zero-order valence-electron chi connectivity index (χ0n) is 38.8. The fraction of sp³-hybridized carbons (Fsp3) is 0.464. The largest absolute Gasteiger partial charge is 0.490 e. The Morgan fingerprint density at radius 2 is 1.04 bits per heavy atom. The first-order valence-electron chi connectivity index (χ1n) is 24.5. The van der Waals surface area contributed by atoms with Crippen molar-refractivity contribution in [3.05, 3.63) is 142 Å². The third-order valence-electron chi connectivity index (χ3n) is 16.3. The smallest absolute Gasteiger partial charge is 0.335 e. The molecule has 360 valence electrons. The van der Waals surface area contributed by atoms with Crippen LogP contribution in [0.4, 0.5) is 11.4 Å². The summed E-state index contributed by atoms with van der Waals surface area (Å²) in [7, 11) is 0. The molecule has 2 heterocycles. The zero-order valence-corrected chi connectivity index (χ0v) is 40.3. The molecule has 4 N–H and O–H groups in total. The SMILES string of the molecule is C=C[C@@H](O)C[C@@H]1CC[C@H]1CN1C[C@@]2(CCCc3cc(Cl)ccc32)COc2ccc(C(=O)O)cc21.C=C[C@H](O)C[C@@H]1CC[C@H]1CN1C[C@@]2(CCCc3cc(Cl)ccc32)COc2ccc(C(=O)O)cc21. The van der Waals surface area contributed by atoms with Crippen LogP contribution in [0.1, 0.15) is 107 Å². The number of halogens is 2. The molecule has 0 bridgehead atoms. The molecule has 0 unspecified atom stereocenters. The van der Waals surface area contributed by atoms with Crippen LogP contribution < -0.4 is 19.3 Å². The summed E-state index contributed by atoms with van der Waals surface area (Å²) in [6.45, 7) is 11.7. The summed E-state index contributed by atoms with van der Waals surface area (Å²) in [4.78, 5) is 28.2. The molecule has 4 aliphatic carbocycles. The first-order chi connectivity index (χ1) is 32.8. The number of fused-ring (bicyclic) bond motifs is 6. The van der Waals surface area contributed by atoms with E-state index in [9.17, 15) is 30.0 Å². The van der Waals surface area contributed by atoms with Gasteiger partial charge in [-0.05, 0) is 184 Å². The molecule has 4 aromatic carbocycles. The van der Waals surface area contributed by atoms with Gasteiger partial charge in [-0.3, -0.25) is 0 Å². The van der Waals surface area contributed by atoms with E-state index in [1.165, 1.54) is 22.3 Å². The van der Waals surface area contributed by atoms with Crippen LogP contribution in [0.25, 0.3) is 0 Å². The molecule has 0 aromatic heterocycles. The Balaban J connectivity index is 0.000000170. The van der Waals surface area contributed by atoms with Crippen molar-refractivity contribution in [2.24, 2.45) is 23.7 Å². The lowest BCUT2D eigenvalue weighted by atomic mass is 9.68. The summed E-state index contributed by atoms with van der Waals surface area (Å²) in [5, 5.41) is 41.0. The van der Waals surface area contributed by atoms with Crippen molar-refractivity contribution in [2.45, 2.75) is 100 Å². The Labute approximate surface area is 410 Å². The minimum absolute atomic E-state index is 0.180. The number of carbonyl (C=O) groups is 2. The van der Waals surface area contributed by atoms with Crippen LogP contribution in [0.2, 0.25) is 10.0 Å². The van der Waals surface area contributed by atoms with Crippen molar-refractivity contribution in [1.82, 2.24) is 0 Å². The normalized spacial score (nSPS) is 26.5. The average Bonchev–Trinajstić information content (AvgIpc) is 3.57. The molecule has 0 radical (unpaired) electrons. The Bertz CT molecular complexity index is 2380. The molecular weight excluding hydrogens is 900 g/mol. The van der Waals surface area contributed by atoms with E-state index in [1.807, 2.05) is 12.1 Å². The molecule has 2 saturated carbocycles. The summed E-state index contributed by atoms with van der Waals surface area (Å²) < 4.78 is 12.8. The maximum absolute atomic E-state index is 11.8. The van der Waals surface area contributed by atoms with Crippen molar-refractivity contribution in [3.8, 4) is 11.5 Å². The second-order valence-electron chi connectivity index (χ2n) is 20.5. The number of benzene rings is 4. The van der Waals surface area contributed by atoms with Gasteiger partial charge in [0, 0.05) is 47.1 Å². The van der Waals surface area contributed by atoms with E-state index in [0.29, 0.717) is 36.9 Å². The van der Waals surface area contributed by atoms with Gasteiger partial charge in [0.2, 0.25) is 0 Å². The molecule has 6 aliphatic rings. The van der Waals surface area contributed by atoms with Gasteiger partial charge in [-0.15, -0.1) is 13.2 Å². The molecule has 0 amide bonds. The van der Waals surface area contributed by atoms with Gasteiger partial charge in [0.25, 0.3) is 0 Å². The summed E-state index contributed by atoms with van der Waals surface area (Å²) in [6.07, 6.45) is 14.3. The zero-order chi connectivity index (χ0) is 47.7. The number of aliphatic hydroxyl groups excluding tert-OH is 2. The predicted octanol–water partition coefficient (Wildman–Crippen LogP) is 10.9. The third-order valence-corrected chi connectivity index (χ3v) is 16.7. The number of nitrogens with zero attached hydrogens (tertiary/aromatic N) is 2. The first-order valence-corrected chi connectivity index (χ1v) is 25.2. The van der Waals surface area contributed by atoms with Crippen LogP contribution in [0.5, 0.6) is 11.5 Å². The van der Waals surface area contributed by atoms with E-state index in [1.54, 1.807) is 48.6 Å². The summed E-state index contributed by atoms with van der Waals surface area (Å²) in [6, 6.07) is 22.8. The van der Waals surface area contributed by atoms with Crippen molar-refractivity contribution < 1.29 is 39.5 Å². The highest BCUT2D eigenvalue weighted by atomic mass is 35.5. The molecule has 2 spiro atoms. The van der Waals surface area contributed by atoms with Crippen LogP contribution in [0.3, 0.4) is 0 Å². The Hall–Kier alpha value is -5.00. The minimum atomic E-state index is -0.935. The average molecular weight is 964 g/mol. The number of aryl methyl sites for hydroxylation is 2. The van der Waals surface area contributed by atoms with Gasteiger partial charge in [0.05, 0.1) is 47.9 Å². The van der Waals surface area contributed by atoms with E-state index >= 15 is 0 Å². The maximum atomic E-state index is 11.8. The molecule has 2 fully saturated rings. The fourth-order valence-corrected chi connectivity index (χ4v) is 12.6. The van der Waals surface area contributed by atoms with Gasteiger partial charge >= 0.3 is 11.9 Å². The Morgan fingerprint density at radius 3 is 1.41 bits per heavy atom. The number of hydrogen-bond acceptors (Lipinski definition) is 8. The van der Waals surface area contributed by atoms with Crippen LogP contribution in [0, 0.1) is 23.7 Å². The molecule has 2 aliphatic heterocycles. The van der Waals surface area contributed by atoms with E-state index in [0.717, 1.165) is 136 Å². The van der Waals surface area contributed by atoms with Crippen molar-refractivity contribution in [2.75, 3.05) is 49.2 Å². The molecule has 0 saturated heterocycles. The van der Waals surface area contributed by atoms with Crippen molar-refractivity contribution >= 4 is 46.5 Å². The van der Waals surface area contributed by atoms with E-state index in [2.05, 4.69) is 47.2 Å². The molecule has 4 aromatic rings. The number of carboxylic acid groups (broad SMARTS) is 2. The summed E-state index contributed by atoms with van der Waals surface area (Å²) in [5.74, 6) is 1.38. The second kappa shape index (κ2) is 20.2. The van der Waals surface area contributed by atoms with Crippen LogP contribution >= 0.6 is 23.2 Å². The van der Waals surface area contributed by atoms with Crippen LogP contribution in [0.15, 0.2) is 98.1 Å². The topological polar surface area (TPSA) is 140 Å². The highest BCUT2D eigenvalue weighted by Crippen LogP contribution is 2.49. The number of carboxylic acids is 2. The highest BCUT2D eigenvalue weighted by molar-refractivity contribution is 6.31. The van der Waals surface area contributed by atoms with E-state index in [-0.39, 0.29) is 22.0 Å². The number of ether oxygens (including phenoxy) is 2. The quantitative estimate of drug-likeness (QED) is 0.101. The van der Waals surface area contributed by atoms with Gasteiger partial charge in [0.15, 0.2) is 0 Å². The van der Waals surface area contributed by atoms with E-state index in [4.69, 9.17) is 32.7 Å². The van der Waals surface area contributed by atoms with Gasteiger partial charge in [0.1, 0.15) is 11.5 Å². The monoisotopic (exact) mass is 962 g/mol. The van der Waals surface area contributed by atoms with Gasteiger partial charge < -0.3 is 39.7 Å². The minimum Gasteiger partial charge on any atom is -0.490 e. The van der Waals surface area contributed by atoms with Gasteiger partial charge in [-0.25, -0.2) is 9.59 Å². The molecule has 8 atom stereocenters. The van der Waals surface area contributed by atoms with Crippen LogP contribution in [-0.2, 0) is 23.7 Å². The van der Waals surface area contributed by atoms with Crippen molar-refractivity contribution in [3.63, 3.8) is 0 Å². The maximum Gasteiger partial charge on any atom is 0.335 e. The predicted molar refractivity (Wildman–Crippen MR) is 268 cm³/mol. The molecular formula is C56H64Cl2N2O8. The number of aromatic carboxylic acids is 2. The summed E-state index contributed by atoms with van der Waals surface area (Å²) >= 11 is 12.6. The molecule has 12 heteroatoms. The number of anilines is 2. The van der Waals surface area contributed by atoms with Gasteiger partial charge in [-0.2, -0.15) is 0 Å². The number of aliphatic hydroxyl groups is 2. The lowest BCUT2D eigenvalue weighted by molar-refractivity contribution is 0.0686. The standard InChI is InChI=1S/2C28H32ClNO4/c2*1-2-23(31)13-18-5-6-21(18)15-30-16-28(11-3-4-19-12-22(29)8-9-24(19)28)17-34-26-10-7-20(27(32)33)14-25(26)30/h2*2,7-10,12,14,18,21,23,31H,1,3-6,11,13,15-17H2,(H,32,33)/t18-,21-,23+,28-;18-,21-,23-,28-/m00/s1. The molecule has 10 nitrogen and oxygen atoms in total. The van der Waals surface area contributed by atoms with E-state index < -0.39 is 24.1 Å². The lowest BCUT2D eigenvalue weighted by Crippen LogP contribution is -2.48. The summed E-state index contributed by atoms with van der Waals surface area (Å²) in [5.41, 5.74) is 7.06. The Morgan fingerprint density at radius 1 is 0.632 bits per heavy atom. The lowest BCUT2D eigenvalue weighted by Gasteiger charge is -2.45.